The minimum absolute atomic E-state index is 0.101. The largest absolute Gasteiger partial charge is 0.381 e. The number of hydrogen-bond donors (Lipinski definition) is 2. The van der Waals surface area contributed by atoms with Crippen LogP contribution in [0.5, 0.6) is 0 Å². The van der Waals surface area contributed by atoms with Crippen LogP contribution in [0.1, 0.15) is 18.1 Å². The summed E-state index contributed by atoms with van der Waals surface area (Å²) in [5.74, 6) is -0.348. The number of halogens is 2. The van der Waals surface area contributed by atoms with E-state index in [0.29, 0.717) is 12.1 Å². The number of aryl methyl sites for hydroxylation is 1. The Bertz CT molecular complexity index is 673. The Hall–Kier alpha value is -1.88. The molecule has 2 N–H and O–H groups in total. The molecule has 2 rings (SSSR count). The second-order valence-corrected chi connectivity index (χ2v) is 5.72. The maximum atomic E-state index is 13.7. The smallest absolute Gasteiger partial charge is 0.221 e. The van der Waals surface area contributed by atoms with Crippen molar-refractivity contribution in [2.45, 2.75) is 20.4 Å². The Morgan fingerprint density at radius 2 is 2.00 bits per heavy atom. The molecule has 0 saturated carbocycles. The highest BCUT2D eigenvalue weighted by atomic mass is 79.9. The van der Waals surface area contributed by atoms with Crippen molar-refractivity contribution in [2.75, 3.05) is 10.6 Å². The molecule has 0 atom stereocenters. The first-order valence-electron chi connectivity index (χ1n) is 6.52. The number of rotatable bonds is 4. The van der Waals surface area contributed by atoms with E-state index < -0.39 is 0 Å². The molecule has 0 saturated heterocycles. The zero-order valence-electron chi connectivity index (χ0n) is 11.8. The standard InChI is InChI=1S/C16H16BrFN2O/c1-10-7-14(5-6-16(10)20-11(2)21)19-9-12-3-4-13(17)8-15(12)18/h3-8,19H,9H2,1-2H3,(H,20,21). The number of hydrogen-bond acceptors (Lipinski definition) is 2. The Morgan fingerprint density at radius 1 is 1.24 bits per heavy atom. The molecular formula is C16H16BrFN2O. The van der Waals surface area contributed by atoms with Crippen molar-refractivity contribution in [1.82, 2.24) is 0 Å². The van der Waals surface area contributed by atoms with Gasteiger partial charge in [0.1, 0.15) is 5.82 Å². The molecule has 2 aromatic carbocycles. The molecule has 5 heteroatoms. The SMILES string of the molecule is CC(=O)Nc1ccc(NCc2ccc(Br)cc2F)cc1C. The Morgan fingerprint density at radius 3 is 2.62 bits per heavy atom. The van der Waals surface area contributed by atoms with Crippen LogP contribution in [0, 0.1) is 12.7 Å². The molecule has 2 aromatic rings. The van der Waals surface area contributed by atoms with Crippen molar-refractivity contribution in [3.63, 3.8) is 0 Å². The first-order valence-corrected chi connectivity index (χ1v) is 7.31. The van der Waals surface area contributed by atoms with Gasteiger partial charge in [0.05, 0.1) is 0 Å². The van der Waals surface area contributed by atoms with Crippen molar-refractivity contribution in [2.24, 2.45) is 0 Å². The van der Waals surface area contributed by atoms with Crippen LogP contribution in [-0.2, 0) is 11.3 Å². The van der Waals surface area contributed by atoms with Gasteiger partial charge in [0, 0.05) is 34.9 Å². The molecule has 1 amide bonds. The normalized spacial score (nSPS) is 10.3. The predicted molar refractivity (Wildman–Crippen MR) is 86.9 cm³/mol. The van der Waals surface area contributed by atoms with Crippen LogP contribution in [0.25, 0.3) is 0 Å². The number of carbonyl (C=O) groups excluding carboxylic acids is 1. The lowest BCUT2D eigenvalue weighted by Crippen LogP contribution is -2.07. The van der Waals surface area contributed by atoms with E-state index in [2.05, 4.69) is 26.6 Å². The summed E-state index contributed by atoms with van der Waals surface area (Å²) >= 11 is 3.23. The average Bonchev–Trinajstić information content (AvgIpc) is 2.40. The van der Waals surface area contributed by atoms with Crippen LogP contribution in [0.15, 0.2) is 40.9 Å². The lowest BCUT2D eigenvalue weighted by atomic mass is 10.1. The van der Waals surface area contributed by atoms with Gasteiger partial charge in [-0.2, -0.15) is 0 Å². The number of nitrogens with one attached hydrogen (secondary N) is 2. The van der Waals surface area contributed by atoms with E-state index in [1.165, 1.54) is 13.0 Å². The maximum Gasteiger partial charge on any atom is 0.221 e. The molecule has 0 aromatic heterocycles. The van der Waals surface area contributed by atoms with E-state index in [1.54, 1.807) is 6.07 Å². The van der Waals surface area contributed by atoms with Gasteiger partial charge in [0.25, 0.3) is 0 Å². The second-order valence-electron chi connectivity index (χ2n) is 4.80. The third kappa shape index (κ3) is 4.29. The lowest BCUT2D eigenvalue weighted by molar-refractivity contribution is -0.114. The third-order valence-electron chi connectivity index (χ3n) is 3.04. The Kier molecular flexibility index (Phi) is 4.96. The molecule has 0 radical (unpaired) electrons. The number of anilines is 2. The third-order valence-corrected chi connectivity index (χ3v) is 3.53. The van der Waals surface area contributed by atoms with Gasteiger partial charge in [-0.1, -0.05) is 22.0 Å². The summed E-state index contributed by atoms with van der Waals surface area (Å²) in [6.07, 6.45) is 0. The molecule has 0 aliphatic rings. The summed E-state index contributed by atoms with van der Waals surface area (Å²) in [6.45, 7) is 3.79. The molecule has 0 aliphatic heterocycles. The van der Waals surface area contributed by atoms with Gasteiger partial charge in [-0.25, -0.2) is 4.39 Å². The summed E-state index contributed by atoms with van der Waals surface area (Å²) in [5, 5.41) is 5.93. The van der Waals surface area contributed by atoms with Gasteiger partial charge in [-0.3, -0.25) is 4.79 Å². The van der Waals surface area contributed by atoms with Gasteiger partial charge in [0.15, 0.2) is 0 Å². The van der Waals surface area contributed by atoms with E-state index >= 15 is 0 Å². The minimum atomic E-state index is -0.247. The first kappa shape index (κ1) is 15.5. The van der Waals surface area contributed by atoms with E-state index in [-0.39, 0.29) is 11.7 Å². The summed E-state index contributed by atoms with van der Waals surface area (Å²) in [5.41, 5.74) is 3.21. The van der Waals surface area contributed by atoms with Crippen molar-refractivity contribution in [3.05, 3.63) is 57.8 Å². The minimum Gasteiger partial charge on any atom is -0.381 e. The van der Waals surface area contributed by atoms with E-state index in [4.69, 9.17) is 0 Å². The van der Waals surface area contributed by atoms with Crippen molar-refractivity contribution < 1.29 is 9.18 Å². The van der Waals surface area contributed by atoms with Gasteiger partial charge in [0.2, 0.25) is 5.91 Å². The Labute approximate surface area is 131 Å². The van der Waals surface area contributed by atoms with Crippen LogP contribution in [0.4, 0.5) is 15.8 Å². The molecule has 0 heterocycles. The van der Waals surface area contributed by atoms with E-state index in [1.807, 2.05) is 31.2 Å². The van der Waals surface area contributed by atoms with Gasteiger partial charge >= 0.3 is 0 Å². The highest BCUT2D eigenvalue weighted by molar-refractivity contribution is 9.10. The zero-order valence-corrected chi connectivity index (χ0v) is 13.4. The molecule has 3 nitrogen and oxygen atoms in total. The highest BCUT2D eigenvalue weighted by Gasteiger charge is 2.04. The van der Waals surface area contributed by atoms with Crippen molar-refractivity contribution in [1.29, 1.82) is 0 Å². The molecule has 0 aliphatic carbocycles. The maximum absolute atomic E-state index is 13.7. The molecule has 0 spiro atoms. The molecule has 0 fully saturated rings. The van der Waals surface area contributed by atoms with Gasteiger partial charge in [-0.15, -0.1) is 0 Å². The summed E-state index contributed by atoms with van der Waals surface area (Å²) in [7, 11) is 0. The fraction of sp³-hybridized carbons (Fsp3) is 0.188. The van der Waals surface area contributed by atoms with E-state index in [0.717, 1.165) is 21.4 Å². The van der Waals surface area contributed by atoms with Crippen LogP contribution in [-0.4, -0.2) is 5.91 Å². The summed E-state index contributed by atoms with van der Waals surface area (Å²) in [4.78, 5) is 11.1. The van der Waals surface area contributed by atoms with Gasteiger partial charge < -0.3 is 10.6 Å². The first-order chi connectivity index (χ1) is 9.95. The van der Waals surface area contributed by atoms with Crippen LogP contribution in [0.2, 0.25) is 0 Å². The monoisotopic (exact) mass is 350 g/mol. The fourth-order valence-electron chi connectivity index (χ4n) is 1.97. The molecule has 0 unspecified atom stereocenters. The second kappa shape index (κ2) is 6.72. The zero-order chi connectivity index (χ0) is 15.4. The fourth-order valence-corrected chi connectivity index (χ4v) is 2.30. The number of amides is 1. The lowest BCUT2D eigenvalue weighted by Gasteiger charge is -2.11. The van der Waals surface area contributed by atoms with E-state index in [9.17, 15) is 9.18 Å². The van der Waals surface area contributed by atoms with Crippen LogP contribution < -0.4 is 10.6 Å². The van der Waals surface area contributed by atoms with Crippen molar-refractivity contribution >= 4 is 33.2 Å². The average molecular weight is 351 g/mol. The number of carbonyl (C=O) groups is 1. The number of benzene rings is 2. The predicted octanol–water partition coefficient (Wildman–Crippen LogP) is 4.47. The van der Waals surface area contributed by atoms with Crippen LogP contribution in [0.3, 0.4) is 0 Å². The topological polar surface area (TPSA) is 41.1 Å². The summed E-state index contributed by atoms with van der Waals surface area (Å²) in [6, 6.07) is 10.6. The quantitative estimate of drug-likeness (QED) is 0.854. The Balaban J connectivity index is 2.06. The van der Waals surface area contributed by atoms with Crippen LogP contribution >= 0.6 is 15.9 Å². The summed E-state index contributed by atoms with van der Waals surface area (Å²) < 4.78 is 14.4. The molecule has 21 heavy (non-hydrogen) atoms. The van der Waals surface area contributed by atoms with Crippen molar-refractivity contribution in [3.8, 4) is 0 Å². The molecule has 110 valence electrons. The highest BCUT2D eigenvalue weighted by Crippen LogP contribution is 2.21. The molecule has 0 bridgehead atoms. The van der Waals surface area contributed by atoms with Gasteiger partial charge in [-0.05, 0) is 42.8 Å². The molecular weight excluding hydrogens is 335 g/mol.